The predicted octanol–water partition coefficient (Wildman–Crippen LogP) is 4.47. The van der Waals surface area contributed by atoms with Crippen molar-refractivity contribution in [1.29, 1.82) is 0 Å². The molecule has 0 radical (unpaired) electrons. The molecule has 0 aliphatic carbocycles. The molecule has 1 amide bonds. The van der Waals surface area contributed by atoms with Gasteiger partial charge in [0.2, 0.25) is 0 Å². The van der Waals surface area contributed by atoms with Crippen molar-refractivity contribution in [3.05, 3.63) is 92.9 Å². The van der Waals surface area contributed by atoms with E-state index in [0.29, 0.717) is 23.2 Å². The summed E-state index contributed by atoms with van der Waals surface area (Å²) < 4.78 is 7.43. The Morgan fingerprint density at radius 3 is 2.74 bits per heavy atom. The molecule has 6 rings (SSSR count). The maximum atomic E-state index is 13.7. The molecule has 1 aromatic heterocycles. The van der Waals surface area contributed by atoms with E-state index in [2.05, 4.69) is 11.0 Å². The smallest absolute Gasteiger partial charge is 0.260 e. The molecule has 3 aliphatic rings. The number of carbonyl (C=O) groups excluding carboxylic acids is 1. The number of amides is 1. The van der Waals surface area contributed by atoms with Gasteiger partial charge in [-0.05, 0) is 42.7 Å². The zero-order chi connectivity index (χ0) is 24.1. The lowest BCUT2D eigenvalue weighted by atomic mass is 9.83. The first-order valence-electron chi connectivity index (χ1n) is 11.9. The van der Waals surface area contributed by atoms with E-state index in [1.807, 2.05) is 64.1 Å². The molecule has 1 saturated heterocycles. The maximum absolute atomic E-state index is 13.7. The standard InChI is InChI=1S/C28H26ClN3O3/c1-35-26-7-3-2-5-19(26)12-23-22-10-9-21(29)13-25(22)32(28(23)34)17-30-14-18-11-20(16-30)24-6-4-8-27(33)31(24)15-18/h2-10,12-13,18,20H,11,14-17H2,1H3/b23-12-/t18-,20+/m1/s1. The van der Waals surface area contributed by atoms with Crippen LogP contribution in [0.2, 0.25) is 5.02 Å². The van der Waals surface area contributed by atoms with E-state index in [0.717, 1.165) is 54.3 Å². The fourth-order valence-corrected chi connectivity index (χ4v) is 6.02. The van der Waals surface area contributed by atoms with Gasteiger partial charge in [-0.1, -0.05) is 41.9 Å². The minimum Gasteiger partial charge on any atom is -0.496 e. The molecule has 0 N–H and O–H groups in total. The third-order valence-electron chi connectivity index (χ3n) is 7.35. The van der Waals surface area contributed by atoms with Crippen molar-refractivity contribution < 1.29 is 9.53 Å². The molecule has 0 unspecified atom stereocenters. The first kappa shape index (κ1) is 22.1. The van der Waals surface area contributed by atoms with E-state index in [1.165, 1.54) is 0 Å². The van der Waals surface area contributed by atoms with Crippen molar-refractivity contribution in [2.24, 2.45) is 5.92 Å². The Kier molecular flexibility index (Phi) is 5.50. The Labute approximate surface area is 209 Å². The number of fused-ring (bicyclic) bond motifs is 5. The number of pyridine rings is 1. The number of hydrogen-bond donors (Lipinski definition) is 0. The Hall–Kier alpha value is -3.35. The van der Waals surface area contributed by atoms with Crippen LogP contribution in [-0.4, -0.2) is 42.2 Å². The normalized spacial score (nSPS) is 22.3. The molecule has 7 heteroatoms. The lowest BCUT2D eigenvalue weighted by Gasteiger charge is -2.43. The molecule has 178 valence electrons. The number of benzene rings is 2. The van der Waals surface area contributed by atoms with Gasteiger partial charge in [0.05, 0.1) is 19.5 Å². The summed E-state index contributed by atoms with van der Waals surface area (Å²) in [6, 6.07) is 18.9. The second-order valence-corrected chi connectivity index (χ2v) is 10.0. The van der Waals surface area contributed by atoms with E-state index < -0.39 is 0 Å². The minimum atomic E-state index is -0.0412. The second kappa shape index (κ2) is 8.70. The van der Waals surface area contributed by atoms with Gasteiger partial charge in [-0.25, -0.2) is 0 Å². The highest BCUT2D eigenvalue weighted by Gasteiger charge is 2.38. The summed E-state index contributed by atoms with van der Waals surface area (Å²) in [6.07, 6.45) is 2.98. The van der Waals surface area contributed by atoms with E-state index in [1.54, 1.807) is 13.2 Å². The summed E-state index contributed by atoms with van der Waals surface area (Å²) >= 11 is 6.36. The van der Waals surface area contributed by atoms with Gasteiger partial charge < -0.3 is 9.30 Å². The Bertz CT molecular complexity index is 1410. The van der Waals surface area contributed by atoms with Crippen LogP contribution in [0.1, 0.15) is 29.2 Å². The SMILES string of the molecule is COc1ccccc1/C=C1\C(=O)N(CN2C[C@H]3C[C@@H](C2)c2cccc(=O)n2C3)c2cc(Cl)ccc21. The zero-order valence-corrected chi connectivity index (χ0v) is 20.2. The molecule has 4 heterocycles. The fourth-order valence-electron chi connectivity index (χ4n) is 5.86. The number of aromatic nitrogens is 1. The van der Waals surface area contributed by atoms with Gasteiger partial charge in [-0.15, -0.1) is 0 Å². The van der Waals surface area contributed by atoms with Crippen molar-refractivity contribution in [3.63, 3.8) is 0 Å². The lowest BCUT2D eigenvalue weighted by Crippen LogP contribution is -2.50. The zero-order valence-electron chi connectivity index (χ0n) is 19.5. The van der Waals surface area contributed by atoms with Crippen LogP contribution < -0.4 is 15.2 Å². The largest absolute Gasteiger partial charge is 0.496 e. The summed E-state index contributed by atoms with van der Waals surface area (Å²) in [4.78, 5) is 30.3. The summed E-state index contributed by atoms with van der Waals surface area (Å²) in [6.45, 7) is 2.88. The molecule has 35 heavy (non-hydrogen) atoms. The first-order chi connectivity index (χ1) is 17.0. The van der Waals surface area contributed by atoms with Crippen LogP contribution in [0, 0.1) is 5.92 Å². The monoisotopic (exact) mass is 487 g/mol. The first-order valence-corrected chi connectivity index (χ1v) is 12.3. The number of piperidine rings is 1. The minimum absolute atomic E-state index is 0.0412. The molecule has 0 spiro atoms. The van der Waals surface area contributed by atoms with Crippen molar-refractivity contribution in [1.82, 2.24) is 9.47 Å². The number of para-hydroxylation sites is 1. The topological polar surface area (TPSA) is 54.8 Å². The molecule has 2 aromatic carbocycles. The number of rotatable bonds is 4. The molecule has 6 nitrogen and oxygen atoms in total. The summed E-state index contributed by atoms with van der Waals surface area (Å²) in [7, 11) is 1.63. The van der Waals surface area contributed by atoms with Gasteiger partial charge in [0.25, 0.3) is 11.5 Å². The van der Waals surface area contributed by atoms with E-state index in [-0.39, 0.29) is 17.4 Å². The number of methoxy groups -OCH3 is 1. The van der Waals surface area contributed by atoms with Crippen LogP contribution in [0.5, 0.6) is 5.75 Å². The Morgan fingerprint density at radius 2 is 1.89 bits per heavy atom. The van der Waals surface area contributed by atoms with Crippen LogP contribution in [0.15, 0.2) is 65.5 Å². The highest BCUT2D eigenvalue weighted by Crippen LogP contribution is 2.41. The van der Waals surface area contributed by atoms with E-state index in [4.69, 9.17) is 16.3 Å². The lowest BCUT2D eigenvalue weighted by molar-refractivity contribution is -0.113. The molecular formula is C28H26ClN3O3. The van der Waals surface area contributed by atoms with Gasteiger partial charge in [-0.3, -0.25) is 19.4 Å². The van der Waals surface area contributed by atoms with E-state index >= 15 is 0 Å². The van der Waals surface area contributed by atoms with Gasteiger partial charge in [0, 0.05) is 59.0 Å². The van der Waals surface area contributed by atoms with Crippen LogP contribution >= 0.6 is 11.6 Å². The molecule has 0 saturated carbocycles. The number of likely N-dealkylation sites (tertiary alicyclic amines) is 1. The predicted molar refractivity (Wildman–Crippen MR) is 138 cm³/mol. The van der Waals surface area contributed by atoms with Crippen molar-refractivity contribution in [2.75, 3.05) is 31.8 Å². The molecule has 1 fully saturated rings. The molecule has 2 bridgehead atoms. The number of nitrogens with zero attached hydrogens (tertiary/aromatic N) is 3. The van der Waals surface area contributed by atoms with Gasteiger partial charge in [0.15, 0.2) is 0 Å². The number of hydrogen-bond acceptors (Lipinski definition) is 4. The number of anilines is 1. The quantitative estimate of drug-likeness (QED) is 0.509. The average molecular weight is 488 g/mol. The second-order valence-electron chi connectivity index (χ2n) is 9.57. The molecule has 3 aromatic rings. The molecule has 3 aliphatic heterocycles. The number of ether oxygens (including phenoxy) is 1. The highest BCUT2D eigenvalue weighted by atomic mass is 35.5. The Morgan fingerprint density at radius 1 is 1.03 bits per heavy atom. The van der Waals surface area contributed by atoms with Crippen molar-refractivity contribution >= 4 is 34.8 Å². The third-order valence-corrected chi connectivity index (χ3v) is 7.59. The number of carbonyl (C=O) groups is 1. The summed E-state index contributed by atoms with van der Waals surface area (Å²) in [5, 5.41) is 0.601. The molecular weight excluding hydrogens is 462 g/mol. The Balaban J connectivity index is 1.32. The third kappa shape index (κ3) is 3.87. The van der Waals surface area contributed by atoms with Crippen molar-refractivity contribution in [3.8, 4) is 5.75 Å². The highest BCUT2D eigenvalue weighted by molar-refractivity contribution is 6.37. The van der Waals surface area contributed by atoms with E-state index in [9.17, 15) is 9.59 Å². The average Bonchev–Trinajstić information content (AvgIpc) is 3.10. The van der Waals surface area contributed by atoms with Crippen LogP contribution in [-0.2, 0) is 11.3 Å². The van der Waals surface area contributed by atoms with Crippen LogP contribution in [0.25, 0.3) is 11.6 Å². The molecule has 2 atom stereocenters. The van der Waals surface area contributed by atoms with Crippen LogP contribution in [0.4, 0.5) is 5.69 Å². The van der Waals surface area contributed by atoms with Crippen LogP contribution in [0.3, 0.4) is 0 Å². The van der Waals surface area contributed by atoms with Gasteiger partial charge >= 0.3 is 0 Å². The summed E-state index contributed by atoms with van der Waals surface area (Å²) in [5.74, 6) is 1.36. The van der Waals surface area contributed by atoms with Gasteiger partial charge in [-0.2, -0.15) is 0 Å². The van der Waals surface area contributed by atoms with Crippen molar-refractivity contribution in [2.45, 2.75) is 18.9 Å². The summed E-state index contributed by atoms with van der Waals surface area (Å²) in [5.41, 5.74) is 4.38. The van der Waals surface area contributed by atoms with Gasteiger partial charge in [0.1, 0.15) is 5.75 Å². The fraction of sp³-hybridized carbons (Fsp3) is 0.286. The number of halogens is 1. The maximum Gasteiger partial charge on any atom is 0.260 e.